The summed E-state index contributed by atoms with van der Waals surface area (Å²) in [4.78, 5) is 10.3. The van der Waals surface area contributed by atoms with Gasteiger partial charge in [-0.1, -0.05) is 0 Å². The molecule has 0 aliphatic carbocycles. The Hall–Kier alpha value is -2.57. The first-order valence-corrected chi connectivity index (χ1v) is 6.10. The molecule has 0 N–H and O–H groups in total. The molecule has 2 aromatic rings. The zero-order valence-corrected chi connectivity index (χ0v) is 11.3. The third-order valence-corrected chi connectivity index (χ3v) is 2.80. The van der Waals surface area contributed by atoms with Crippen molar-refractivity contribution in [3.63, 3.8) is 0 Å². The van der Waals surface area contributed by atoms with Crippen LogP contribution in [0.2, 0.25) is 0 Å². The molecule has 1 aromatic carbocycles. The number of aromatic nitrogens is 2. The summed E-state index contributed by atoms with van der Waals surface area (Å²) in [5.41, 5.74) is 0.625. The van der Waals surface area contributed by atoms with Crippen molar-refractivity contribution in [1.29, 1.82) is 0 Å². The van der Waals surface area contributed by atoms with E-state index in [9.17, 15) is 10.1 Å². The van der Waals surface area contributed by atoms with Gasteiger partial charge in [0, 0.05) is 24.2 Å². The smallest absolute Gasteiger partial charge is 0.270 e. The second kappa shape index (κ2) is 6.05. The Morgan fingerprint density at radius 1 is 1.45 bits per heavy atom. The third-order valence-electron chi connectivity index (χ3n) is 2.80. The highest BCUT2D eigenvalue weighted by Gasteiger charge is 2.12. The van der Waals surface area contributed by atoms with Crippen LogP contribution in [-0.2, 0) is 13.2 Å². The summed E-state index contributed by atoms with van der Waals surface area (Å²) in [6.45, 7) is 2.91. The van der Waals surface area contributed by atoms with Gasteiger partial charge in [-0.05, 0) is 13.0 Å². The first-order valence-electron chi connectivity index (χ1n) is 6.10. The predicted octanol–water partition coefficient (Wildman–Crippen LogP) is 2.40. The van der Waals surface area contributed by atoms with Gasteiger partial charge >= 0.3 is 0 Å². The van der Waals surface area contributed by atoms with Crippen LogP contribution < -0.4 is 9.47 Å². The number of hydrogen-bond acceptors (Lipinski definition) is 5. The molecule has 20 heavy (non-hydrogen) atoms. The van der Waals surface area contributed by atoms with Crippen molar-refractivity contribution in [1.82, 2.24) is 9.78 Å². The Kier molecular flexibility index (Phi) is 4.19. The molecule has 0 saturated carbocycles. The minimum atomic E-state index is -0.446. The van der Waals surface area contributed by atoms with E-state index in [2.05, 4.69) is 5.10 Å². The zero-order valence-electron chi connectivity index (χ0n) is 11.3. The van der Waals surface area contributed by atoms with Gasteiger partial charge in [0.15, 0.2) is 5.75 Å². The van der Waals surface area contributed by atoms with Crippen LogP contribution in [0, 0.1) is 10.1 Å². The van der Waals surface area contributed by atoms with E-state index in [1.165, 1.54) is 19.2 Å². The molecule has 2 rings (SSSR count). The highest BCUT2D eigenvalue weighted by Crippen LogP contribution is 2.25. The highest BCUT2D eigenvalue weighted by molar-refractivity contribution is 5.43. The van der Waals surface area contributed by atoms with Crippen LogP contribution in [0.3, 0.4) is 0 Å². The van der Waals surface area contributed by atoms with Crippen molar-refractivity contribution < 1.29 is 14.4 Å². The molecule has 0 aliphatic rings. The molecule has 0 spiro atoms. The number of non-ortho nitro benzene ring substituents is 1. The lowest BCUT2D eigenvalue weighted by Gasteiger charge is -2.08. The second-order valence-corrected chi connectivity index (χ2v) is 4.07. The van der Waals surface area contributed by atoms with Crippen molar-refractivity contribution >= 4 is 5.69 Å². The molecule has 7 nitrogen and oxygen atoms in total. The number of benzene rings is 1. The van der Waals surface area contributed by atoms with E-state index in [0.717, 1.165) is 6.54 Å². The van der Waals surface area contributed by atoms with Crippen LogP contribution in [0.5, 0.6) is 11.5 Å². The van der Waals surface area contributed by atoms with Gasteiger partial charge in [0.2, 0.25) is 0 Å². The monoisotopic (exact) mass is 277 g/mol. The number of ether oxygens (including phenoxy) is 2. The molecule has 106 valence electrons. The van der Waals surface area contributed by atoms with Crippen molar-refractivity contribution in [3.8, 4) is 11.5 Å². The Balaban J connectivity index is 2.14. The maximum atomic E-state index is 10.8. The average molecular weight is 277 g/mol. The van der Waals surface area contributed by atoms with Gasteiger partial charge in [-0.3, -0.25) is 14.8 Å². The van der Waals surface area contributed by atoms with Crippen LogP contribution in [0.1, 0.15) is 12.5 Å². The number of nitro groups is 1. The molecule has 0 atom stereocenters. The molecule has 7 heteroatoms. The van der Waals surface area contributed by atoms with Crippen LogP contribution >= 0.6 is 0 Å². The van der Waals surface area contributed by atoms with Gasteiger partial charge in [-0.25, -0.2) is 0 Å². The van der Waals surface area contributed by atoms with E-state index in [1.807, 2.05) is 6.92 Å². The molecule has 0 unspecified atom stereocenters. The van der Waals surface area contributed by atoms with E-state index in [1.54, 1.807) is 23.1 Å². The van der Waals surface area contributed by atoms with Crippen molar-refractivity contribution in [3.05, 3.63) is 46.3 Å². The number of aryl methyl sites for hydroxylation is 1. The fourth-order valence-electron chi connectivity index (χ4n) is 1.74. The van der Waals surface area contributed by atoms with E-state index in [0.29, 0.717) is 17.1 Å². The summed E-state index contributed by atoms with van der Waals surface area (Å²) in [6.07, 6.45) is 3.37. The zero-order chi connectivity index (χ0) is 14.5. The van der Waals surface area contributed by atoms with Gasteiger partial charge in [0.25, 0.3) is 5.69 Å². The molecule has 0 radical (unpaired) electrons. The molecular weight excluding hydrogens is 262 g/mol. The lowest BCUT2D eigenvalue weighted by atomic mass is 10.2. The maximum Gasteiger partial charge on any atom is 0.270 e. The first kappa shape index (κ1) is 13.9. The summed E-state index contributed by atoms with van der Waals surface area (Å²) in [7, 11) is 1.51. The fourth-order valence-corrected chi connectivity index (χ4v) is 1.74. The molecule has 0 amide bonds. The van der Waals surface area contributed by atoms with Gasteiger partial charge in [0.05, 0.1) is 24.4 Å². The molecule has 0 bridgehead atoms. The van der Waals surface area contributed by atoms with E-state index in [-0.39, 0.29) is 12.3 Å². The molecular formula is C13H15N3O4. The Morgan fingerprint density at radius 2 is 2.25 bits per heavy atom. The van der Waals surface area contributed by atoms with Gasteiger partial charge in [0.1, 0.15) is 12.4 Å². The summed E-state index contributed by atoms with van der Waals surface area (Å²) in [5.74, 6) is 1.17. The molecule has 1 heterocycles. The Labute approximate surface area is 115 Å². The standard InChI is InChI=1S/C13H15N3O4/c1-3-15-8-12(7-14-15)20-9-10-6-11(16(17)18)4-5-13(10)19-2/h4-8H,3,9H2,1-2H3. The summed E-state index contributed by atoms with van der Waals surface area (Å²) in [6, 6.07) is 4.41. The topological polar surface area (TPSA) is 79.4 Å². The quantitative estimate of drug-likeness (QED) is 0.598. The summed E-state index contributed by atoms with van der Waals surface area (Å²) in [5, 5.41) is 14.9. The van der Waals surface area contributed by atoms with Crippen LogP contribution in [0.15, 0.2) is 30.6 Å². The van der Waals surface area contributed by atoms with Gasteiger partial charge in [-0.2, -0.15) is 5.10 Å². The highest BCUT2D eigenvalue weighted by atomic mass is 16.6. The second-order valence-electron chi connectivity index (χ2n) is 4.07. The van der Waals surface area contributed by atoms with Gasteiger partial charge in [-0.15, -0.1) is 0 Å². The Bertz CT molecular complexity index is 609. The summed E-state index contributed by atoms with van der Waals surface area (Å²) < 4.78 is 12.5. The van der Waals surface area contributed by atoms with Crippen molar-refractivity contribution in [2.75, 3.05) is 7.11 Å². The van der Waals surface area contributed by atoms with Crippen LogP contribution in [0.25, 0.3) is 0 Å². The van der Waals surface area contributed by atoms with Crippen molar-refractivity contribution in [2.45, 2.75) is 20.1 Å². The normalized spacial score (nSPS) is 10.3. The minimum absolute atomic E-state index is 0.00801. The number of nitro benzene ring substituents is 1. The number of rotatable bonds is 6. The summed E-state index contributed by atoms with van der Waals surface area (Å²) >= 11 is 0. The van der Waals surface area contributed by atoms with Gasteiger partial charge < -0.3 is 9.47 Å². The number of hydrogen-bond donors (Lipinski definition) is 0. The minimum Gasteiger partial charge on any atom is -0.496 e. The lowest BCUT2D eigenvalue weighted by Crippen LogP contribution is -2.00. The van der Waals surface area contributed by atoms with Crippen LogP contribution in [0.4, 0.5) is 5.69 Å². The number of methoxy groups -OCH3 is 1. The van der Waals surface area contributed by atoms with E-state index < -0.39 is 4.92 Å². The largest absolute Gasteiger partial charge is 0.496 e. The molecule has 1 aromatic heterocycles. The molecule has 0 fully saturated rings. The molecule has 0 aliphatic heterocycles. The fraction of sp³-hybridized carbons (Fsp3) is 0.308. The SMILES string of the molecule is CCn1cc(OCc2cc([N+](=O)[O-])ccc2OC)cn1. The number of nitrogens with zero attached hydrogens (tertiary/aromatic N) is 3. The van der Waals surface area contributed by atoms with E-state index in [4.69, 9.17) is 9.47 Å². The first-order chi connectivity index (χ1) is 9.63. The maximum absolute atomic E-state index is 10.8. The predicted molar refractivity (Wildman–Crippen MR) is 71.9 cm³/mol. The van der Waals surface area contributed by atoms with Crippen LogP contribution in [-0.4, -0.2) is 21.8 Å². The Morgan fingerprint density at radius 3 is 2.85 bits per heavy atom. The molecule has 0 saturated heterocycles. The average Bonchev–Trinajstić information content (AvgIpc) is 2.92. The van der Waals surface area contributed by atoms with Crippen molar-refractivity contribution in [2.24, 2.45) is 0 Å². The van der Waals surface area contributed by atoms with E-state index >= 15 is 0 Å². The lowest BCUT2D eigenvalue weighted by molar-refractivity contribution is -0.385. The third kappa shape index (κ3) is 3.05.